The Morgan fingerprint density at radius 3 is 2.61 bits per heavy atom. The molecule has 0 amide bonds. The molecule has 0 aromatic heterocycles. The maximum atomic E-state index is 12.4. The van der Waals surface area contributed by atoms with Crippen LogP contribution in [0.3, 0.4) is 0 Å². The van der Waals surface area contributed by atoms with Crippen LogP contribution in [-0.2, 0) is 28.6 Å². The van der Waals surface area contributed by atoms with Gasteiger partial charge >= 0.3 is 11.9 Å². The molecule has 0 N–H and O–H groups in total. The fourth-order valence-electron chi connectivity index (χ4n) is 3.28. The fourth-order valence-corrected chi connectivity index (χ4v) is 3.28. The lowest BCUT2D eigenvalue weighted by Crippen LogP contribution is -2.54. The van der Waals surface area contributed by atoms with E-state index in [-0.39, 0.29) is 11.9 Å². The lowest BCUT2D eigenvalue weighted by atomic mass is 9.84. The van der Waals surface area contributed by atoms with Gasteiger partial charge in [0.05, 0.1) is 12.0 Å². The van der Waals surface area contributed by atoms with Gasteiger partial charge in [-0.1, -0.05) is 25.8 Å². The van der Waals surface area contributed by atoms with Gasteiger partial charge in [0.15, 0.2) is 11.7 Å². The minimum Gasteiger partial charge on any atom is -0.440 e. The lowest BCUT2D eigenvalue weighted by Gasteiger charge is -2.36. The number of hydrogen-bond donors (Lipinski definition) is 0. The van der Waals surface area contributed by atoms with Gasteiger partial charge in [0.25, 0.3) is 0 Å². The van der Waals surface area contributed by atoms with Crippen LogP contribution in [0.4, 0.5) is 0 Å². The van der Waals surface area contributed by atoms with Gasteiger partial charge in [-0.3, -0.25) is 0 Å². The van der Waals surface area contributed by atoms with Crippen molar-refractivity contribution in [1.29, 1.82) is 0 Å². The number of cyclic esters (lactones) is 1. The molecule has 2 fully saturated rings. The summed E-state index contributed by atoms with van der Waals surface area (Å²) in [6.45, 7) is 6.60. The Kier molecular flexibility index (Phi) is 5.39. The Morgan fingerprint density at radius 2 is 2.09 bits per heavy atom. The standard InChI is InChI=1S/C17H22O6/c1-4-15(19)23-17(11(2)14(10-18)22-16(17)20)12(3)21-13-8-6-5-7-9-13/h4,11-13H,1,5-9H2,2-3H3. The zero-order valence-electron chi connectivity index (χ0n) is 13.5. The molecule has 0 spiro atoms. The summed E-state index contributed by atoms with van der Waals surface area (Å²) in [7, 11) is 0. The highest BCUT2D eigenvalue weighted by Crippen LogP contribution is 2.41. The second-order valence-electron chi connectivity index (χ2n) is 6.03. The fraction of sp³-hybridized carbons (Fsp3) is 0.647. The number of esters is 2. The van der Waals surface area contributed by atoms with E-state index in [1.165, 1.54) is 6.42 Å². The van der Waals surface area contributed by atoms with Crippen molar-refractivity contribution in [3.05, 3.63) is 18.4 Å². The van der Waals surface area contributed by atoms with Crippen LogP contribution in [0.1, 0.15) is 46.0 Å². The molecule has 0 bridgehead atoms. The molecule has 3 atom stereocenters. The van der Waals surface area contributed by atoms with Crippen molar-refractivity contribution in [3.63, 3.8) is 0 Å². The highest BCUT2D eigenvalue weighted by molar-refractivity contribution is 5.92. The molecule has 126 valence electrons. The van der Waals surface area contributed by atoms with Crippen molar-refractivity contribution in [2.75, 3.05) is 0 Å². The molecule has 0 radical (unpaired) electrons. The van der Waals surface area contributed by atoms with E-state index in [4.69, 9.17) is 14.2 Å². The van der Waals surface area contributed by atoms with Crippen molar-refractivity contribution in [3.8, 4) is 0 Å². The minimum atomic E-state index is -1.69. The van der Waals surface area contributed by atoms with E-state index in [1.807, 2.05) is 0 Å². The zero-order chi connectivity index (χ0) is 17.0. The molecule has 0 aromatic carbocycles. The maximum absolute atomic E-state index is 12.4. The molecule has 0 aromatic rings. The van der Waals surface area contributed by atoms with E-state index >= 15 is 0 Å². The van der Waals surface area contributed by atoms with Crippen molar-refractivity contribution in [2.24, 2.45) is 5.92 Å². The first-order chi connectivity index (χ1) is 11.0. The largest absolute Gasteiger partial charge is 0.440 e. The Bertz CT molecular complexity index is 541. The Morgan fingerprint density at radius 1 is 1.43 bits per heavy atom. The Hall–Kier alpha value is -1.91. The highest BCUT2D eigenvalue weighted by atomic mass is 16.6. The van der Waals surface area contributed by atoms with Gasteiger partial charge in [0.1, 0.15) is 6.10 Å². The van der Waals surface area contributed by atoms with E-state index in [9.17, 15) is 14.4 Å². The van der Waals surface area contributed by atoms with Gasteiger partial charge in [0.2, 0.25) is 5.60 Å². The average molecular weight is 322 g/mol. The number of carbonyl (C=O) groups is 2. The summed E-state index contributed by atoms with van der Waals surface area (Å²) in [6, 6.07) is 0. The zero-order valence-corrected chi connectivity index (χ0v) is 13.5. The summed E-state index contributed by atoms with van der Waals surface area (Å²) in [5.41, 5.74) is -1.69. The Labute approximate surface area is 135 Å². The normalized spacial score (nSPS) is 29.6. The molecule has 3 unspecified atom stereocenters. The molecule has 23 heavy (non-hydrogen) atoms. The number of ether oxygens (including phenoxy) is 3. The van der Waals surface area contributed by atoms with Crippen molar-refractivity contribution in [1.82, 2.24) is 0 Å². The van der Waals surface area contributed by atoms with E-state index in [0.29, 0.717) is 0 Å². The molecule has 2 aliphatic rings. The van der Waals surface area contributed by atoms with Crippen molar-refractivity contribution < 1.29 is 28.6 Å². The summed E-state index contributed by atoms with van der Waals surface area (Å²) < 4.78 is 16.3. The van der Waals surface area contributed by atoms with Crippen LogP contribution in [0, 0.1) is 5.92 Å². The van der Waals surface area contributed by atoms with Crippen LogP contribution in [0.5, 0.6) is 0 Å². The van der Waals surface area contributed by atoms with Crippen LogP contribution >= 0.6 is 0 Å². The minimum absolute atomic E-state index is 0.00215. The summed E-state index contributed by atoms with van der Waals surface area (Å²) in [5.74, 6) is -0.912. The molecule has 1 saturated carbocycles. The summed E-state index contributed by atoms with van der Waals surface area (Å²) >= 11 is 0. The second-order valence-corrected chi connectivity index (χ2v) is 6.03. The summed E-state index contributed by atoms with van der Waals surface area (Å²) in [6.07, 6.45) is 5.32. The topological polar surface area (TPSA) is 78.9 Å². The Balaban J connectivity index is 2.29. The molecule has 1 aliphatic carbocycles. The first-order valence-electron chi connectivity index (χ1n) is 7.93. The monoisotopic (exact) mass is 322 g/mol. The van der Waals surface area contributed by atoms with Crippen LogP contribution in [0.15, 0.2) is 18.4 Å². The van der Waals surface area contributed by atoms with Gasteiger partial charge < -0.3 is 14.2 Å². The number of carbonyl (C=O) groups excluding carboxylic acids is 3. The number of rotatable bonds is 5. The molecule has 1 heterocycles. The van der Waals surface area contributed by atoms with Crippen LogP contribution in [0.25, 0.3) is 0 Å². The van der Waals surface area contributed by atoms with E-state index in [0.717, 1.165) is 31.8 Å². The average Bonchev–Trinajstić information content (AvgIpc) is 2.80. The summed E-state index contributed by atoms with van der Waals surface area (Å²) in [5, 5.41) is 0. The first-order valence-corrected chi connectivity index (χ1v) is 7.93. The van der Waals surface area contributed by atoms with Gasteiger partial charge in [-0.2, -0.15) is 0 Å². The quantitative estimate of drug-likeness (QED) is 0.438. The van der Waals surface area contributed by atoms with Crippen LogP contribution < -0.4 is 0 Å². The van der Waals surface area contributed by atoms with Gasteiger partial charge in [-0.05, 0) is 26.7 Å². The maximum Gasteiger partial charge on any atom is 0.360 e. The van der Waals surface area contributed by atoms with Crippen LogP contribution in [0.2, 0.25) is 0 Å². The molecule has 6 heteroatoms. The number of hydrogen-bond acceptors (Lipinski definition) is 6. The smallest absolute Gasteiger partial charge is 0.360 e. The SMILES string of the molecule is C=CC(=O)OC1(C(C)OC2CCCCC2)C(=O)OC(=C=O)C1C. The van der Waals surface area contributed by atoms with E-state index in [2.05, 4.69) is 6.58 Å². The van der Waals surface area contributed by atoms with Gasteiger partial charge in [0, 0.05) is 6.08 Å². The van der Waals surface area contributed by atoms with Crippen molar-refractivity contribution in [2.45, 2.75) is 63.8 Å². The molecular weight excluding hydrogens is 300 g/mol. The molecule has 6 nitrogen and oxygen atoms in total. The van der Waals surface area contributed by atoms with Crippen LogP contribution in [-0.4, -0.2) is 35.7 Å². The second kappa shape index (κ2) is 7.11. The summed E-state index contributed by atoms with van der Waals surface area (Å²) in [4.78, 5) is 35.1. The first kappa shape index (κ1) is 17.4. The highest BCUT2D eigenvalue weighted by Gasteiger charge is 2.61. The van der Waals surface area contributed by atoms with Gasteiger partial charge in [-0.25, -0.2) is 14.4 Å². The third-order valence-corrected chi connectivity index (χ3v) is 4.65. The van der Waals surface area contributed by atoms with Gasteiger partial charge in [-0.15, -0.1) is 0 Å². The van der Waals surface area contributed by atoms with Crippen molar-refractivity contribution >= 4 is 17.9 Å². The lowest BCUT2D eigenvalue weighted by molar-refractivity contribution is -0.195. The van der Waals surface area contributed by atoms with E-state index in [1.54, 1.807) is 19.8 Å². The predicted octanol–water partition coefficient (Wildman–Crippen LogP) is 2.10. The third-order valence-electron chi connectivity index (χ3n) is 4.65. The molecule has 1 saturated heterocycles. The van der Waals surface area contributed by atoms with E-state index < -0.39 is 29.6 Å². The molecular formula is C17H22O6. The molecule has 1 aliphatic heterocycles. The molecule has 2 rings (SSSR count). The third kappa shape index (κ3) is 3.23. The predicted molar refractivity (Wildman–Crippen MR) is 80.9 cm³/mol.